The van der Waals surface area contributed by atoms with Gasteiger partial charge in [-0.25, -0.2) is 0 Å². The Balaban J connectivity index is 3.37. The number of nitrogens with two attached hydrogens (primary N) is 1. The van der Waals surface area contributed by atoms with Gasteiger partial charge in [0.25, 0.3) is 5.91 Å². The van der Waals surface area contributed by atoms with E-state index >= 15 is 0 Å². The first-order valence-electron chi connectivity index (χ1n) is 3.08. The standard InChI is InChI=1S/C7H5IN2O2/c8-5-3-1-2-4(7(9)11)6(5)10-12/h1-3H,(H2,9,11). The van der Waals surface area contributed by atoms with Gasteiger partial charge < -0.3 is 5.73 Å². The van der Waals surface area contributed by atoms with E-state index in [1.54, 1.807) is 12.1 Å². The van der Waals surface area contributed by atoms with E-state index in [-0.39, 0.29) is 11.3 Å². The van der Waals surface area contributed by atoms with Crippen LogP contribution in [-0.2, 0) is 0 Å². The molecule has 0 fully saturated rings. The number of primary amides is 1. The van der Waals surface area contributed by atoms with Gasteiger partial charge in [-0.15, -0.1) is 4.91 Å². The van der Waals surface area contributed by atoms with Crippen LogP contribution in [0.2, 0.25) is 0 Å². The predicted octanol–water partition coefficient (Wildman–Crippen LogP) is 1.79. The van der Waals surface area contributed by atoms with Crippen molar-refractivity contribution in [1.82, 2.24) is 0 Å². The lowest BCUT2D eigenvalue weighted by atomic mass is 10.2. The van der Waals surface area contributed by atoms with Crippen LogP contribution < -0.4 is 5.73 Å². The molecule has 0 aromatic heterocycles. The van der Waals surface area contributed by atoms with E-state index in [2.05, 4.69) is 5.18 Å². The minimum absolute atomic E-state index is 0.116. The molecule has 0 aliphatic carbocycles. The molecular formula is C7H5IN2O2. The zero-order valence-electron chi connectivity index (χ0n) is 5.95. The summed E-state index contributed by atoms with van der Waals surface area (Å²) in [6.07, 6.45) is 0. The van der Waals surface area contributed by atoms with Gasteiger partial charge in [-0.2, -0.15) is 0 Å². The van der Waals surface area contributed by atoms with Crippen molar-refractivity contribution in [2.24, 2.45) is 10.9 Å². The van der Waals surface area contributed by atoms with Crippen molar-refractivity contribution < 1.29 is 4.79 Å². The number of hydrogen-bond donors (Lipinski definition) is 1. The summed E-state index contributed by atoms with van der Waals surface area (Å²) in [5.41, 5.74) is 5.30. The fourth-order valence-electron chi connectivity index (χ4n) is 0.807. The summed E-state index contributed by atoms with van der Waals surface area (Å²) in [6.45, 7) is 0. The minimum Gasteiger partial charge on any atom is -0.366 e. The zero-order valence-corrected chi connectivity index (χ0v) is 8.11. The smallest absolute Gasteiger partial charge is 0.251 e. The van der Waals surface area contributed by atoms with Crippen molar-refractivity contribution in [2.75, 3.05) is 0 Å². The number of benzene rings is 1. The molecule has 0 aliphatic heterocycles. The molecule has 1 rings (SSSR count). The van der Waals surface area contributed by atoms with E-state index in [1.165, 1.54) is 6.07 Å². The first kappa shape index (κ1) is 9.11. The Kier molecular flexibility index (Phi) is 2.74. The zero-order chi connectivity index (χ0) is 9.14. The number of amides is 1. The Hall–Kier alpha value is -0.980. The average molecular weight is 276 g/mol. The van der Waals surface area contributed by atoms with Gasteiger partial charge in [-0.1, -0.05) is 6.07 Å². The highest BCUT2D eigenvalue weighted by Crippen LogP contribution is 2.24. The van der Waals surface area contributed by atoms with Crippen LogP contribution in [0.25, 0.3) is 0 Å². The van der Waals surface area contributed by atoms with E-state index < -0.39 is 5.91 Å². The lowest BCUT2D eigenvalue weighted by Gasteiger charge is -1.99. The summed E-state index contributed by atoms with van der Waals surface area (Å²) in [5, 5.41) is 2.73. The Morgan fingerprint density at radius 2 is 2.17 bits per heavy atom. The summed E-state index contributed by atoms with van der Waals surface area (Å²) < 4.78 is 0.624. The number of carbonyl (C=O) groups excluding carboxylic acids is 1. The van der Waals surface area contributed by atoms with Crippen LogP contribution in [0.5, 0.6) is 0 Å². The quantitative estimate of drug-likeness (QED) is 0.660. The summed E-state index contributed by atoms with van der Waals surface area (Å²) in [5.74, 6) is -0.636. The third-order valence-corrected chi connectivity index (χ3v) is 2.21. The minimum atomic E-state index is -0.636. The van der Waals surface area contributed by atoms with Gasteiger partial charge in [-0.05, 0) is 39.9 Å². The number of hydrogen-bond acceptors (Lipinski definition) is 3. The molecule has 4 nitrogen and oxygen atoms in total. The largest absolute Gasteiger partial charge is 0.366 e. The Bertz CT molecular complexity index is 338. The van der Waals surface area contributed by atoms with Crippen LogP contribution in [0.15, 0.2) is 23.4 Å². The molecule has 0 atom stereocenters. The third-order valence-electron chi connectivity index (χ3n) is 1.34. The van der Waals surface area contributed by atoms with Crippen LogP contribution in [0.1, 0.15) is 10.4 Å². The van der Waals surface area contributed by atoms with E-state index in [0.717, 1.165) is 0 Å². The maximum Gasteiger partial charge on any atom is 0.251 e. The molecule has 0 heterocycles. The van der Waals surface area contributed by atoms with Crippen molar-refractivity contribution >= 4 is 34.2 Å². The third kappa shape index (κ3) is 1.60. The Morgan fingerprint density at radius 3 is 2.58 bits per heavy atom. The van der Waals surface area contributed by atoms with Crippen LogP contribution in [0.3, 0.4) is 0 Å². The molecule has 2 N–H and O–H groups in total. The van der Waals surface area contributed by atoms with Gasteiger partial charge in [0, 0.05) is 3.57 Å². The predicted molar refractivity (Wildman–Crippen MR) is 53.1 cm³/mol. The molecule has 0 bridgehead atoms. The number of halogens is 1. The molecule has 0 saturated heterocycles. The second-order valence-electron chi connectivity index (χ2n) is 2.09. The Morgan fingerprint density at radius 1 is 1.50 bits per heavy atom. The molecule has 12 heavy (non-hydrogen) atoms. The number of nitroso groups, excluding NO2 is 1. The second kappa shape index (κ2) is 3.61. The monoisotopic (exact) mass is 276 g/mol. The van der Waals surface area contributed by atoms with E-state index in [0.29, 0.717) is 3.57 Å². The normalized spacial score (nSPS) is 9.42. The van der Waals surface area contributed by atoms with Crippen molar-refractivity contribution in [3.8, 4) is 0 Å². The molecule has 0 spiro atoms. The van der Waals surface area contributed by atoms with Crippen LogP contribution in [0.4, 0.5) is 5.69 Å². The molecule has 1 amide bonds. The first-order valence-corrected chi connectivity index (χ1v) is 4.16. The van der Waals surface area contributed by atoms with Crippen molar-refractivity contribution in [3.63, 3.8) is 0 Å². The number of carbonyl (C=O) groups is 1. The van der Waals surface area contributed by atoms with Gasteiger partial charge in [-0.3, -0.25) is 4.79 Å². The average Bonchev–Trinajstić information content (AvgIpc) is 2.03. The van der Waals surface area contributed by atoms with Gasteiger partial charge in [0.05, 0.1) is 5.56 Å². The number of rotatable bonds is 2. The maximum atomic E-state index is 10.8. The molecule has 0 unspecified atom stereocenters. The van der Waals surface area contributed by atoms with Gasteiger partial charge in [0.15, 0.2) is 0 Å². The highest BCUT2D eigenvalue weighted by molar-refractivity contribution is 14.1. The molecular weight excluding hydrogens is 271 g/mol. The molecule has 1 aromatic rings. The Labute approximate surface area is 82.3 Å². The fourth-order valence-corrected chi connectivity index (χ4v) is 1.40. The van der Waals surface area contributed by atoms with E-state index in [1.807, 2.05) is 22.6 Å². The maximum absolute atomic E-state index is 10.8. The summed E-state index contributed by atoms with van der Waals surface area (Å²) in [7, 11) is 0. The van der Waals surface area contributed by atoms with Crippen molar-refractivity contribution in [1.29, 1.82) is 0 Å². The fraction of sp³-hybridized carbons (Fsp3) is 0. The summed E-state index contributed by atoms with van der Waals surface area (Å²) in [4.78, 5) is 21.0. The molecule has 0 radical (unpaired) electrons. The molecule has 1 aromatic carbocycles. The van der Waals surface area contributed by atoms with Crippen LogP contribution in [-0.4, -0.2) is 5.91 Å². The molecule has 5 heteroatoms. The molecule has 62 valence electrons. The number of nitrogens with zero attached hydrogens (tertiary/aromatic N) is 1. The topological polar surface area (TPSA) is 72.5 Å². The second-order valence-corrected chi connectivity index (χ2v) is 3.25. The highest BCUT2D eigenvalue weighted by Gasteiger charge is 2.10. The van der Waals surface area contributed by atoms with Gasteiger partial charge in [0.2, 0.25) is 0 Å². The van der Waals surface area contributed by atoms with Crippen LogP contribution >= 0.6 is 22.6 Å². The summed E-state index contributed by atoms with van der Waals surface area (Å²) in [6, 6.07) is 4.81. The van der Waals surface area contributed by atoms with Gasteiger partial charge >= 0.3 is 0 Å². The lowest BCUT2D eigenvalue weighted by molar-refractivity contribution is 0.100. The van der Waals surface area contributed by atoms with E-state index in [9.17, 15) is 9.70 Å². The van der Waals surface area contributed by atoms with Gasteiger partial charge in [0.1, 0.15) is 5.69 Å². The van der Waals surface area contributed by atoms with Crippen LogP contribution in [0, 0.1) is 8.48 Å². The highest BCUT2D eigenvalue weighted by atomic mass is 127. The van der Waals surface area contributed by atoms with Crippen molar-refractivity contribution in [3.05, 3.63) is 32.2 Å². The summed E-state index contributed by atoms with van der Waals surface area (Å²) >= 11 is 1.92. The van der Waals surface area contributed by atoms with Crippen molar-refractivity contribution in [2.45, 2.75) is 0 Å². The first-order chi connectivity index (χ1) is 5.66. The molecule has 0 aliphatic rings. The van der Waals surface area contributed by atoms with E-state index in [4.69, 9.17) is 5.73 Å². The lowest BCUT2D eigenvalue weighted by Crippen LogP contribution is -2.11. The molecule has 0 saturated carbocycles. The SMILES string of the molecule is NC(=O)c1cccc(I)c1N=O.